The van der Waals surface area contributed by atoms with Gasteiger partial charge in [-0.1, -0.05) is 12.1 Å². The third-order valence-electron chi connectivity index (χ3n) is 4.14. The molecule has 0 unspecified atom stereocenters. The smallest absolute Gasteiger partial charge is 0.265 e. The standard InChI is InChI=1S/C17H18FN3O2S/c18-13-5-3-11(4-6-13)8-15-20-9-14(24-15)17(23)21-7-1-2-12(10-21)16(19)22/h3-6,9,12H,1-2,7-8,10H2,(H2,19,22)/t12-/m0/s1. The predicted molar refractivity (Wildman–Crippen MR) is 89.1 cm³/mol. The van der Waals surface area contributed by atoms with Crippen molar-refractivity contribution in [1.29, 1.82) is 0 Å². The summed E-state index contributed by atoms with van der Waals surface area (Å²) in [4.78, 5) is 30.4. The average Bonchev–Trinajstić information content (AvgIpc) is 3.05. The van der Waals surface area contributed by atoms with E-state index in [1.165, 1.54) is 23.5 Å². The second kappa shape index (κ2) is 7.09. The van der Waals surface area contributed by atoms with Crippen LogP contribution in [-0.4, -0.2) is 34.8 Å². The molecular formula is C17H18FN3O2S. The lowest BCUT2D eigenvalue weighted by atomic mass is 9.97. The normalized spacial score (nSPS) is 17.7. The number of rotatable bonds is 4. The second-order valence-corrected chi connectivity index (χ2v) is 7.03. The van der Waals surface area contributed by atoms with Gasteiger partial charge in [0.1, 0.15) is 10.7 Å². The fourth-order valence-corrected chi connectivity index (χ4v) is 3.74. The molecule has 0 spiro atoms. The molecule has 126 valence electrons. The summed E-state index contributed by atoms with van der Waals surface area (Å²) in [6, 6.07) is 6.24. The molecular weight excluding hydrogens is 329 g/mol. The van der Waals surface area contributed by atoms with Crippen LogP contribution in [0, 0.1) is 11.7 Å². The van der Waals surface area contributed by atoms with Crippen molar-refractivity contribution >= 4 is 23.2 Å². The van der Waals surface area contributed by atoms with Crippen molar-refractivity contribution in [3.63, 3.8) is 0 Å². The molecule has 7 heteroatoms. The minimum Gasteiger partial charge on any atom is -0.369 e. The number of nitrogens with zero attached hydrogens (tertiary/aromatic N) is 2. The Hall–Kier alpha value is -2.28. The first-order valence-corrected chi connectivity index (χ1v) is 8.62. The highest BCUT2D eigenvalue weighted by Gasteiger charge is 2.28. The van der Waals surface area contributed by atoms with Crippen LogP contribution in [0.15, 0.2) is 30.5 Å². The summed E-state index contributed by atoms with van der Waals surface area (Å²) in [7, 11) is 0. The molecule has 2 amide bonds. The lowest BCUT2D eigenvalue weighted by Crippen LogP contribution is -2.43. The first-order chi connectivity index (χ1) is 11.5. The Labute approximate surface area is 143 Å². The number of primary amides is 1. The first-order valence-electron chi connectivity index (χ1n) is 7.80. The van der Waals surface area contributed by atoms with Gasteiger partial charge < -0.3 is 10.6 Å². The molecule has 2 N–H and O–H groups in total. The Morgan fingerprint density at radius 1 is 1.33 bits per heavy atom. The van der Waals surface area contributed by atoms with Crippen LogP contribution in [-0.2, 0) is 11.2 Å². The number of nitrogens with two attached hydrogens (primary N) is 1. The maximum Gasteiger partial charge on any atom is 0.265 e. The van der Waals surface area contributed by atoms with E-state index in [1.54, 1.807) is 23.2 Å². The van der Waals surface area contributed by atoms with E-state index in [0.29, 0.717) is 24.4 Å². The predicted octanol–water partition coefficient (Wildman–Crippen LogP) is 2.21. The van der Waals surface area contributed by atoms with Gasteiger partial charge in [-0.15, -0.1) is 11.3 Å². The summed E-state index contributed by atoms with van der Waals surface area (Å²) in [5.74, 6) is -1.00. The molecule has 0 saturated carbocycles. The van der Waals surface area contributed by atoms with E-state index in [4.69, 9.17) is 5.73 Å². The summed E-state index contributed by atoms with van der Waals surface area (Å²) in [5.41, 5.74) is 6.30. The Morgan fingerprint density at radius 3 is 2.79 bits per heavy atom. The molecule has 0 radical (unpaired) electrons. The number of aromatic nitrogens is 1. The van der Waals surface area contributed by atoms with Gasteiger partial charge in [0, 0.05) is 19.5 Å². The molecule has 0 bridgehead atoms. The molecule has 1 atom stereocenters. The van der Waals surface area contributed by atoms with E-state index in [1.807, 2.05) is 0 Å². The molecule has 3 rings (SSSR count). The van der Waals surface area contributed by atoms with Crippen LogP contribution in [0.25, 0.3) is 0 Å². The highest BCUT2D eigenvalue weighted by atomic mass is 32.1. The number of carbonyl (C=O) groups excluding carboxylic acids is 2. The van der Waals surface area contributed by atoms with Crippen LogP contribution in [0.4, 0.5) is 4.39 Å². The monoisotopic (exact) mass is 347 g/mol. The summed E-state index contributed by atoms with van der Waals surface area (Å²) in [5, 5.41) is 0.799. The number of hydrogen-bond acceptors (Lipinski definition) is 4. The number of thiazole rings is 1. The Bertz CT molecular complexity index is 745. The van der Waals surface area contributed by atoms with Gasteiger partial charge >= 0.3 is 0 Å². The summed E-state index contributed by atoms with van der Waals surface area (Å²) < 4.78 is 12.9. The number of piperidine rings is 1. The molecule has 1 aromatic carbocycles. The zero-order valence-corrected chi connectivity index (χ0v) is 13.9. The molecule has 1 fully saturated rings. The maximum absolute atomic E-state index is 12.9. The van der Waals surface area contributed by atoms with E-state index in [-0.39, 0.29) is 23.5 Å². The van der Waals surface area contributed by atoms with Crippen LogP contribution < -0.4 is 5.73 Å². The van der Waals surface area contributed by atoms with E-state index in [9.17, 15) is 14.0 Å². The van der Waals surface area contributed by atoms with Crippen molar-refractivity contribution in [2.75, 3.05) is 13.1 Å². The van der Waals surface area contributed by atoms with Crippen LogP contribution in [0.3, 0.4) is 0 Å². The molecule has 2 heterocycles. The van der Waals surface area contributed by atoms with Crippen LogP contribution in [0.5, 0.6) is 0 Å². The number of hydrogen-bond donors (Lipinski definition) is 1. The van der Waals surface area contributed by atoms with Gasteiger partial charge in [-0.05, 0) is 30.5 Å². The number of likely N-dealkylation sites (tertiary alicyclic amines) is 1. The Kier molecular flexibility index (Phi) is 4.89. The van der Waals surface area contributed by atoms with E-state index >= 15 is 0 Å². The zero-order valence-electron chi connectivity index (χ0n) is 13.1. The second-order valence-electron chi connectivity index (χ2n) is 5.91. The minimum absolute atomic E-state index is 0.108. The number of benzene rings is 1. The molecule has 1 aromatic heterocycles. The fourth-order valence-electron chi connectivity index (χ4n) is 2.82. The van der Waals surface area contributed by atoms with Crippen LogP contribution >= 0.6 is 11.3 Å². The van der Waals surface area contributed by atoms with E-state index in [0.717, 1.165) is 23.4 Å². The topological polar surface area (TPSA) is 76.3 Å². The Balaban J connectivity index is 1.67. The number of halogens is 1. The van der Waals surface area contributed by atoms with Crippen molar-refractivity contribution in [2.45, 2.75) is 19.3 Å². The first kappa shape index (κ1) is 16.6. The SMILES string of the molecule is NC(=O)[C@H]1CCCN(C(=O)c2cnc(Cc3ccc(F)cc3)s2)C1. The molecule has 1 aliphatic rings. The average molecular weight is 347 g/mol. The van der Waals surface area contributed by atoms with E-state index in [2.05, 4.69) is 4.98 Å². The van der Waals surface area contributed by atoms with Crippen LogP contribution in [0.2, 0.25) is 0 Å². The van der Waals surface area contributed by atoms with Crippen molar-refractivity contribution < 1.29 is 14.0 Å². The molecule has 5 nitrogen and oxygen atoms in total. The highest BCUT2D eigenvalue weighted by Crippen LogP contribution is 2.22. The van der Waals surface area contributed by atoms with Gasteiger partial charge in [-0.3, -0.25) is 9.59 Å². The number of amides is 2. The lowest BCUT2D eigenvalue weighted by molar-refractivity contribution is -0.123. The summed E-state index contributed by atoms with van der Waals surface area (Å²) in [6.07, 6.45) is 3.64. The van der Waals surface area contributed by atoms with Crippen molar-refractivity contribution in [3.8, 4) is 0 Å². The van der Waals surface area contributed by atoms with Gasteiger partial charge in [-0.25, -0.2) is 9.37 Å². The van der Waals surface area contributed by atoms with Crippen molar-refractivity contribution in [2.24, 2.45) is 11.7 Å². The number of carbonyl (C=O) groups is 2. The molecule has 1 saturated heterocycles. The molecule has 2 aromatic rings. The highest BCUT2D eigenvalue weighted by molar-refractivity contribution is 7.13. The fraction of sp³-hybridized carbons (Fsp3) is 0.353. The van der Waals surface area contributed by atoms with Gasteiger partial charge in [0.05, 0.1) is 17.1 Å². The van der Waals surface area contributed by atoms with Gasteiger partial charge in [0.15, 0.2) is 0 Å². The third kappa shape index (κ3) is 3.79. The molecule has 0 aliphatic carbocycles. The van der Waals surface area contributed by atoms with Crippen LogP contribution in [0.1, 0.15) is 33.1 Å². The summed E-state index contributed by atoms with van der Waals surface area (Å²) in [6.45, 7) is 1.01. The van der Waals surface area contributed by atoms with Crippen molar-refractivity contribution in [3.05, 3.63) is 51.7 Å². The zero-order chi connectivity index (χ0) is 17.1. The minimum atomic E-state index is -0.353. The summed E-state index contributed by atoms with van der Waals surface area (Å²) >= 11 is 1.33. The van der Waals surface area contributed by atoms with Gasteiger partial charge in [0.2, 0.25) is 5.91 Å². The third-order valence-corrected chi connectivity index (χ3v) is 5.13. The van der Waals surface area contributed by atoms with E-state index < -0.39 is 0 Å². The molecule has 24 heavy (non-hydrogen) atoms. The van der Waals surface area contributed by atoms with Gasteiger partial charge in [-0.2, -0.15) is 0 Å². The van der Waals surface area contributed by atoms with Gasteiger partial charge in [0.25, 0.3) is 5.91 Å². The quantitative estimate of drug-likeness (QED) is 0.921. The maximum atomic E-state index is 12.9. The molecule has 1 aliphatic heterocycles. The van der Waals surface area contributed by atoms with Crippen molar-refractivity contribution in [1.82, 2.24) is 9.88 Å². The lowest BCUT2D eigenvalue weighted by Gasteiger charge is -2.30. The Morgan fingerprint density at radius 2 is 2.08 bits per heavy atom. The largest absolute Gasteiger partial charge is 0.369 e.